The summed E-state index contributed by atoms with van der Waals surface area (Å²) in [7, 11) is 1.20. The van der Waals surface area contributed by atoms with E-state index in [1.807, 2.05) is 33.3 Å². The highest BCUT2D eigenvalue weighted by molar-refractivity contribution is 7.45. The van der Waals surface area contributed by atoms with Crippen LogP contribution in [0.15, 0.2) is 48.6 Å². The Morgan fingerprint density at radius 1 is 0.398 bits per heavy atom. The Morgan fingerprint density at radius 2 is 0.693 bits per heavy atom. The molecule has 0 saturated carbocycles. The van der Waals surface area contributed by atoms with Crippen LogP contribution in [0.1, 0.15) is 387 Å². The predicted molar refractivity (Wildman–Crippen MR) is 381 cm³/mol. The Kier molecular flexibility index (Phi) is 66.3. The summed E-state index contributed by atoms with van der Waals surface area (Å²) in [6, 6.07) is -0.888. The van der Waals surface area contributed by atoms with Crippen molar-refractivity contribution in [2.24, 2.45) is 0 Å². The molecule has 0 saturated heterocycles. The predicted octanol–water partition coefficient (Wildman–Crippen LogP) is 24.1. The van der Waals surface area contributed by atoms with Crippen molar-refractivity contribution in [3.05, 3.63) is 48.6 Å². The number of phosphoric ester groups is 1. The van der Waals surface area contributed by atoms with Crippen LogP contribution in [-0.2, 0) is 27.9 Å². The maximum absolute atomic E-state index is 13.6. The number of esters is 1. The maximum atomic E-state index is 13.6. The molecule has 0 aliphatic heterocycles. The number of carbonyl (C=O) groups excluding carboxylic acids is 2. The van der Waals surface area contributed by atoms with Gasteiger partial charge >= 0.3 is 5.97 Å². The first-order valence-electron chi connectivity index (χ1n) is 38.4. The number of ether oxygens (including phenoxy) is 1. The summed E-state index contributed by atoms with van der Waals surface area (Å²) in [6.45, 7) is 6.88. The zero-order valence-electron chi connectivity index (χ0n) is 59.5. The molecule has 88 heavy (non-hydrogen) atoms. The van der Waals surface area contributed by atoms with Crippen molar-refractivity contribution < 1.29 is 37.3 Å². The van der Waals surface area contributed by atoms with Gasteiger partial charge in [-0.15, -0.1) is 0 Å². The van der Waals surface area contributed by atoms with Crippen molar-refractivity contribution in [2.75, 3.05) is 40.9 Å². The fourth-order valence-corrected chi connectivity index (χ4v) is 12.3. The monoisotopic (exact) mass is 1260 g/mol. The second kappa shape index (κ2) is 67.8. The lowest BCUT2D eigenvalue weighted by Gasteiger charge is -2.30. The van der Waals surface area contributed by atoms with Crippen LogP contribution in [0, 0.1) is 0 Å². The molecule has 0 aromatic heterocycles. The summed E-state index contributed by atoms with van der Waals surface area (Å²) in [5.41, 5.74) is 0. The molecule has 3 unspecified atom stereocenters. The van der Waals surface area contributed by atoms with E-state index in [0.717, 1.165) is 70.6 Å². The Hall–Kier alpha value is -2.03. The van der Waals surface area contributed by atoms with Crippen molar-refractivity contribution in [2.45, 2.75) is 399 Å². The normalized spacial score (nSPS) is 13.7. The van der Waals surface area contributed by atoms with Gasteiger partial charge in [-0.05, 0) is 70.3 Å². The van der Waals surface area contributed by atoms with Crippen molar-refractivity contribution in [1.82, 2.24) is 5.32 Å². The number of allylic oxidation sites excluding steroid dienone is 7. The lowest BCUT2D eigenvalue weighted by molar-refractivity contribution is -0.870. The van der Waals surface area contributed by atoms with Gasteiger partial charge in [0.25, 0.3) is 7.82 Å². The third kappa shape index (κ3) is 68.3. The summed E-state index contributed by atoms with van der Waals surface area (Å²) in [5.74, 6) is -0.522. The lowest BCUT2D eigenvalue weighted by Crippen LogP contribution is -2.47. The standard InChI is InChI=1S/C78H149N2O7P/c1-7-10-13-16-19-22-25-28-30-32-34-36-38-40-42-44-46-48-50-52-55-58-61-64-67-70-77(81)79-75(74-86-88(83,84)85-73-72-80(4,5)6)76(69-66-63-60-57-54-27-24-21-18-15-12-9-3)87-78(82)71-68-65-62-59-56-53-51-49-47-45-43-41-39-37-35-33-31-29-26-23-20-17-14-11-8-2/h19,22,28,30,34,36,66,69,75-76H,7-18,20-21,23-27,29,31-33,35,37-65,67-68,70-74H2,1-6H3,(H-,79,81,83,84)/b22-19-,30-28-,36-34-,69-66+. The minimum atomic E-state index is -4.71. The molecule has 9 nitrogen and oxygen atoms in total. The number of amides is 1. The van der Waals surface area contributed by atoms with E-state index in [9.17, 15) is 19.0 Å². The molecule has 3 atom stereocenters. The Bertz CT molecular complexity index is 1640. The molecule has 0 heterocycles. The number of hydrogen-bond acceptors (Lipinski definition) is 7. The van der Waals surface area contributed by atoms with E-state index >= 15 is 0 Å². The molecule has 0 radical (unpaired) electrons. The molecule has 10 heteroatoms. The third-order valence-electron chi connectivity index (χ3n) is 17.5. The summed E-state index contributed by atoms with van der Waals surface area (Å²) in [6.07, 6.45) is 86.8. The first kappa shape index (κ1) is 86.0. The van der Waals surface area contributed by atoms with Crippen LogP contribution in [-0.4, -0.2) is 69.4 Å². The Balaban J connectivity index is 4.95. The quantitative estimate of drug-likeness (QED) is 0.0212. The van der Waals surface area contributed by atoms with Gasteiger partial charge in [0.1, 0.15) is 19.3 Å². The molecule has 1 amide bonds. The molecule has 0 aliphatic rings. The van der Waals surface area contributed by atoms with E-state index in [1.54, 1.807) is 0 Å². The van der Waals surface area contributed by atoms with Crippen LogP contribution in [0.4, 0.5) is 0 Å². The highest BCUT2D eigenvalue weighted by Gasteiger charge is 2.27. The summed E-state index contributed by atoms with van der Waals surface area (Å²) >= 11 is 0. The molecule has 0 bridgehead atoms. The van der Waals surface area contributed by atoms with Gasteiger partial charge in [-0.3, -0.25) is 14.2 Å². The topological polar surface area (TPSA) is 114 Å². The van der Waals surface area contributed by atoms with Crippen LogP contribution in [0.3, 0.4) is 0 Å². The van der Waals surface area contributed by atoms with Gasteiger partial charge in [0.05, 0.1) is 33.8 Å². The van der Waals surface area contributed by atoms with Crippen LogP contribution < -0.4 is 10.2 Å². The smallest absolute Gasteiger partial charge is 0.306 e. The van der Waals surface area contributed by atoms with Gasteiger partial charge in [0.2, 0.25) is 5.91 Å². The number of quaternary nitrogens is 1. The van der Waals surface area contributed by atoms with Crippen molar-refractivity contribution >= 4 is 19.7 Å². The van der Waals surface area contributed by atoms with Gasteiger partial charge in [0, 0.05) is 12.8 Å². The highest BCUT2D eigenvalue weighted by Crippen LogP contribution is 2.38. The van der Waals surface area contributed by atoms with Crippen molar-refractivity contribution in [3.63, 3.8) is 0 Å². The second-order valence-electron chi connectivity index (χ2n) is 27.5. The van der Waals surface area contributed by atoms with E-state index < -0.39 is 20.0 Å². The maximum Gasteiger partial charge on any atom is 0.306 e. The van der Waals surface area contributed by atoms with Crippen molar-refractivity contribution in [3.8, 4) is 0 Å². The van der Waals surface area contributed by atoms with E-state index in [-0.39, 0.29) is 31.5 Å². The number of rotatable bonds is 71. The largest absolute Gasteiger partial charge is 0.756 e. The molecule has 0 spiro atoms. The molecule has 518 valence electrons. The van der Waals surface area contributed by atoms with E-state index in [0.29, 0.717) is 17.4 Å². The van der Waals surface area contributed by atoms with Gasteiger partial charge in [-0.25, -0.2) is 0 Å². The zero-order chi connectivity index (χ0) is 64.2. The number of unbranched alkanes of at least 4 members (excludes halogenated alkanes) is 49. The molecule has 0 fully saturated rings. The molecule has 0 aliphatic carbocycles. The van der Waals surface area contributed by atoms with E-state index in [1.165, 1.54) is 283 Å². The molecule has 1 N–H and O–H groups in total. The lowest BCUT2D eigenvalue weighted by atomic mass is 10.0. The molecule has 0 aromatic rings. The minimum Gasteiger partial charge on any atom is -0.756 e. The number of nitrogens with zero attached hydrogens (tertiary/aromatic N) is 1. The van der Waals surface area contributed by atoms with Gasteiger partial charge < -0.3 is 28.5 Å². The number of nitrogens with one attached hydrogen (secondary N) is 1. The van der Waals surface area contributed by atoms with Crippen LogP contribution in [0.25, 0.3) is 0 Å². The number of hydrogen-bond donors (Lipinski definition) is 1. The van der Waals surface area contributed by atoms with Crippen LogP contribution >= 0.6 is 7.82 Å². The van der Waals surface area contributed by atoms with Crippen LogP contribution in [0.2, 0.25) is 0 Å². The van der Waals surface area contributed by atoms with E-state index in [2.05, 4.69) is 62.5 Å². The first-order chi connectivity index (χ1) is 42.9. The van der Waals surface area contributed by atoms with Crippen LogP contribution in [0.5, 0.6) is 0 Å². The average molecular weight is 1260 g/mol. The number of phosphoric acid groups is 1. The molecule has 0 rings (SSSR count). The van der Waals surface area contributed by atoms with E-state index in [4.69, 9.17) is 13.8 Å². The SMILES string of the molecule is CCCCC/C=C\C/C=C\C/C=C\CCCCCCCCCCCCCCC(=O)NC(COP(=O)([O-])OCC[N+](C)(C)C)C(/C=C/CCCCCCCCCCCC)OC(=O)CCCCCCCCCCCCCCCCCCCCCCCCCCC. The minimum absolute atomic E-state index is 0.0206. The average Bonchev–Trinajstić information content (AvgIpc) is 3.71. The highest BCUT2D eigenvalue weighted by atomic mass is 31.2. The Labute approximate surface area is 548 Å². The summed E-state index contributed by atoms with van der Waals surface area (Å²) in [4.78, 5) is 40.3. The molecular formula is C78H149N2O7P. The molecule has 0 aromatic carbocycles. The zero-order valence-corrected chi connectivity index (χ0v) is 60.3. The molecular weight excluding hydrogens is 1110 g/mol. The van der Waals surface area contributed by atoms with Gasteiger partial charge in [-0.2, -0.15) is 0 Å². The number of carbonyl (C=O) groups is 2. The first-order valence-corrected chi connectivity index (χ1v) is 39.9. The third-order valence-corrected chi connectivity index (χ3v) is 18.5. The van der Waals surface area contributed by atoms with Crippen molar-refractivity contribution in [1.29, 1.82) is 0 Å². The van der Waals surface area contributed by atoms with Gasteiger partial charge in [-0.1, -0.05) is 352 Å². The summed E-state index contributed by atoms with van der Waals surface area (Å²) < 4.78 is 30.5. The summed E-state index contributed by atoms with van der Waals surface area (Å²) in [5, 5.41) is 3.05. The fraction of sp³-hybridized carbons (Fsp3) is 0.872. The fourth-order valence-electron chi connectivity index (χ4n) is 11.6. The Morgan fingerprint density at radius 3 is 1.06 bits per heavy atom. The second-order valence-corrected chi connectivity index (χ2v) is 28.9. The number of likely N-dealkylation sites (N-methyl/N-ethyl adjacent to an activating group) is 1. The van der Waals surface area contributed by atoms with Gasteiger partial charge in [0.15, 0.2) is 0 Å².